The molecule has 0 aliphatic heterocycles. The fourth-order valence-electron chi connectivity index (χ4n) is 3.65. The highest BCUT2D eigenvalue weighted by Crippen LogP contribution is 2.29. The number of rotatable bonds is 9. The molecule has 0 unspecified atom stereocenters. The molecule has 0 fully saturated rings. The Labute approximate surface area is 182 Å². The van der Waals surface area contributed by atoms with Crippen LogP contribution in [0.25, 0.3) is 16.7 Å². The summed E-state index contributed by atoms with van der Waals surface area (Å²) in [4.78, 5) is 28.9. The van der Waals surface area contributed by atoms with Gasteiger partial charge in [-0.3, -0.25) is 14.2 Å². The van der Waals surface area contributed by atoms with Crippen LogP contribution in [0.1, 0.15) is 31.5 Å². The van der Waals surface area contributed by atoms with Crippen molar-refractivity contribution < 1.29 is 19.1 Å². The normalized spacial score (nSPS) is 11.4. The van der Waals surface area contributed by atoms with Crippen LogP contribution in [0.5, 0.6) is 0 Å². The van der Waals surface area contributed by atoms with E-state index in [0.717, 1.165) is 17.0 Å². The van der Waals surface area contributed by atoms with Crippen molar-refractivity contribution in [3.8, 4) is 5.82 Å². The largest absolute Gasteiger partial charge is 0.465 e. The summed E-state index contributed by atoms with van der Waals surface area (Å²) in [6.45, 7) is 5.99. The molecule has 0 radical (unpaired) electrons. The quantitative estimate of drug-likeness (QED) is 0.288. The Hall–Kier alpha value is -3.41. The number of nitrogens with zero attached hydrogens (tertiary/aromatic N) is 2. The number of ether oxygens (including phenoxy) is 2. The minimum atomic E-state index is -0.945. The molecule has 0 saturated carbocycles. The molecule has 6 heteroatoms. The first-order valence-electron chi connectivity index (χ1n) is 10.6. The molecule has 0 spiro atoms. The predicted octanol–water partition coefficient (Wildman–Crippen LogP) is 4.57. The van der Waals surface area contributed by atoms with E-state index in [1.54, 1.807) is 20.0 Å². The van der Waals surface area contributed by atoms with Crippen LogP contribution in [0.3, 0.4) is 0 Å². The Bertz CT molecular complexity index is 1050. The van der Waals surface area contributed by atoms with Crippen LogP contribution in [0, 0.1) is 12.8 Å². The molecule has 0 aliphatic carbocycles. The highest BCUT2D eigenvalue weighted by molar-refractivity contribution is 5.95. The van der Waals surface area contributed by atoms with Gasteiger partial charge in [-0.25, -0.2) is 4.98 Å². The van der Waals surface area contributed by atoms with Gasteiger partial charge in [0.05, 0.1) is 18.7 Å². The van der Waals surface area contributed by atoms with E-state index in [1.165, 1.54) is 10.9 Å². The molecule has 3 aromatic rings. The first-order valence-corrected chi connectivity index (χ1v) is 10.6. The van der Waals surface area contributed by atoms with E-state index in [0.29, 0.717) is 6.42 Å². The first-order chi connectivity index (χ1) is 15.1. The number of aromatic nitrogens is 2. The number of hydrogen-bond donors (Lipinski definition) is 0. The highest BCUT2D eigenvalue weighted by atomic mass is 16.6. The van der Waals surface area contributed by atoms with Gasteiger partial charge in [0.1, 0.15) is 5.82 Å². The van der Waals surface area contributed by atoms with Crippen LogP contribution < -0.4 is 0 Å². The number of allylic oxidation sites excluding steroid dienone is 2. The van der Waals surface area contributed by atoms with Crippen LogP contribution in [0.4, 0.5) is 0 Å². The van der Waals surface area contributed by atoms with E-state index >= 15 is 0 Å². The topological polar surface area (TPSA) is 70.4 Å². The third-order valence-electron chi connectivity index (χ3n) is 5.12. The molecule has 0 bridgehead atoms. The molecule has 3 rings (SSSR count). The van der Waals surface area contributed by atoms with Gasteiger partial charge in [0.25, 0.3) is 0 Å². The van der Waals surface area contributed by atoms with E-state index in [-0.39, 0.29) is 19.6 Å². The number of hydrogen-bond acceptors (Lipinski definition) is 5. The van der Waals surface area contributed by atoms with Crippen molar-refractivity contribution in [2.75, 3.05) is 13.2 Å². The Morgan fingerprint density at radius 1 is 1.00 bits per heavy atom. The molecule has 31 heavy (non-hydrogen) atoms. The number of para-hydroxylation sites is 1. The Morgan fingerprint density at radius 3 is 2.32 bits per heavy atom. The van der Waals surface area contributed by atoms with Crippen molar-refractivity contribution in [3.05, 3.63) is 72.1 Å². The lowest BCUT2D eigenvalue weighted by atomic mass is 10.0. The SMILES string of the molecule is CCOC(=O)C(C/C=C/Cc1c(C)c2ccccc2n1-c1ccccn1)C(=O)OCC. The van der Waals surface area contributed by atoms with Crippen molar-refractivity contribution in [1.82, 2.24) is 9.55 Å². The molecule has 162 valence electrons. The van der Waals surface area contributed by atoms with E-state index < -0.39 is 17.9 Å². The van der Waals surface area contributed by atoms with Crippen LogP contribution in [0.2, 0.25) is 0 Å². The average molecular weight is 421 g/mol. The van der Waals surface area contributed by atoms with Crippen LogP contribution in [-0.2, 0) is 25.5 Å². The number of benzene rings is 1. The second-order valence-electron chi connectivity index (χ2n) is 7.08. The lowest BCUT2D eigenvalue weighted by Crippen LogP contribution is -2.27. The molecule has 0 atom stereocenters. The van der Waals surface area contributed by atoms with Gasteiger partial charge in [-0.2, -0.15) is 0 Å². The summed E-state index contributed by atoms with van der Waals surface area (Å²) in [6.07, 6.45) is 6.48. The van der Waals surface area contributed by atoms with Crippen molar-refractivity contribution >= 4 is 22.8 Å². The molecule has 0 aliphatic rings. The first kappa shape index (κ1) is 22.3. The fourth-order valence-corrected chi connectivity index (χ4v) is 3.65. The standard InChI is InChI=1S/C25H28N2O4/c1-4-30-24(28)20(25(29)31-5-2)13-7-8-14-21-18(3)19-12-6-9-15-22(19)27(21)23-16-10-11-17-26-23/h6-12,15-17,20H,4-5,13-14H2,1-3H3/b8-7+. The summed E-state index contributed by atoms with van der Waals surface area (Å²) >= 11 is 0. The summed E-state index contributed by atoms with van der Waals surface area (Å²) in [5.41, 5.74) is 3.39. The molecule has 0 saturated heterocycles. The fraction of sp³-hybridized carbons (Fsp3) is 0.320. The minimum Gasteiger partial charge on any atom is -0.465 e. The predicted molar refractivity (Wildman–Crippen MR) is 120 cm³/mol. The average Bonchev–Trinajstić information content (AvgIpc) is 3.06. The van der Waals surface area contributed by atoms with Crippen LogP contribution in [-0.4, -0.2) is 34.7 Å². The van der Waals surface area contributed by atoms with E-state index in [9.17, 15) is 9.59 Å². The van der Waals surface area contributed by atoms with Crippen molar-refractivity contribution in [2.24, 2.45) is 5.92 Å². The van der Waals surface area contributed by atoms with Gasteiger partial charge >= 0.3 is 11.9 Å². The summed E-state index contributed by atoms with van der Waals surface area (Å²) in [5.74, 6) is -1.20. The number of aryl methyl sites for hydroxylation is 1. The molecule has 0 amide bonds. The Kier molecular flexibility index (Phi) is 7.60. The van der Waals surface area contributed by atoms with Crippen molar-refractivity contribution in [2.45, 2.75) is 33.6 Å². The van der Waals surface area contributed by atoms with Gasteiger partial charge in [0.15, 0.2) is 5.92 Å². The molecule has 6 nitrogen and oxygen atoms in total. The molecule has 2 aromatic heterocycles. The molecule has 2 heterocycles. The van der Waals surface area contributed by atoms with E-state index in [1.807, 2.05) is 42.5 Å². The maximum absolute atomic E-state index is 12.2. The van der Waals surface area contributed by atoms with Gasteiger partial charge in [0, 0.05) is 23.7 Å². The summed E-state index contributed by atoms with van der Waals surface area (Å²) in [5, 5.41) is 1.17. The number of esters is 2. The molecule has 0 N–H and O–H groups in total. The van der Waals surface area contributed by atoms with E-state index in [2.05, 4.69) is 28.6 Å². The molecular weight excluding hydrogens is 392 g/mol. The summed E-state index contributed by atoms with van der Waals surface area (Å²) in [7, 11) is 0. The van der Waals surface area contributed by atoms with Gasteiger partial charge < -0.3 is 9.47 Å². The molecule has 1 aromatic carbocycles. The lowest BCUT2D eigenvalue weighted by Gasteiger charge is -2.12. The smallest absolute Gasteiger partial charge is 0.320 e. The number of pyridine rings is 1. The lowest BCUT2D eigenvalue weighted by molar-refractivity contribution is -0.161. The number of carbonyl (C=O) groups is 2. The Balaban J connectivity index is 1.86. The van der Waals surface area contributed by atoms with Gasteiger partial charge in [-0.05, 0) is 51.0 Å². The van der Waals surface area contributed by atoms with Crippen molar-refractivity contribution in [3.63, 3.8) is 0 Å². The van der Waals surface area contributed by atoms with Crippen molar-refractivity contribution in [1.29, 1.82) is 0 Å². The second kappa shape index (κ2) is 10.6. The van der Waals surface area contributed by atoms with Crippen LogP contribution in [0.15, 0.2) is 60.8 Å². The van der Waals surface area contributed by atoms with Gasteiger partial charge in [-0.1, -0.05) is 36.4 Å². The zero-order chi connectivity index (χ0) is 22.2. The highest BCUT2D eigenvalue weighted by Gasteiger charge is 2.28. The maximum Gasteiger partial charge on any atom is 0.320 e. The number of fused-ring (bicyclic) bond motifs is 1. The number of carbonyl (C=O) groups excluding carboxylic acids is 2. The second-order valence-corrected chi connectivity index (χ2v) is 7.08. The molecular formula is C25H28N2O4. The van der Waals surface area contributed by atoms with Crippen LogP contribution >= 0.6 is 0 Å². The minimum absolute atomic E-state index is 0.224. The van der Waals surface area contributed by atoms with Gasteiger partial charge in [0.2, 0.25) is 0 Å². The maximum atomic E-state index is 12.2. The third kappa shape index (κ3) is 5.02. The van der Waals surface area contributed by atoms with Gasteiger partial charge in [-0.15, -0.1) is 0 Å². The Morgan fingerprint density at radius 2 is 1.68 bits per heavy atom. The third-order valence-corrected chi connectivity index (χ3v) is 5.12. The van der Waals surface area contributed by atoms with E-state index in [4.69, 9.17) is 9.47 Å². The zero-order valence-electron chi connectivity index (χ0n) is 18.2. The summed E-state index contributed by atoms with van der Waals surface area (Å²) < 4.78 is 12.2. The monoisotopic (exact) mass is 420 g/mol. The zero-order valence-corrected chi connectivity index (χ0v) is 18.2. The summed E-state index contributed by atoms with van der Waals surface area (Å²) in [6, 6.07) is 14.1.